The van der Waals surface area contributed by atoms with Crippen LogP contribution in [0.2, 0.25) is 0 Å². The first-order valence-corrected chi connectivity index (χ1v) is 6.82. The van der Waals surface area contributed by atoms with Crippen LogP contribution in [0.25, 0.3) is 0 Å². The van der Waals surface area contributed by atoms with Gasteiger partial charge in [-0.3, -0.25) is 0 Å². The normalized spacial score (nSPS) is 10.5. The Bertz CT molecular complexity index is 289. The Kier molecular flexibility index (Phi) is 5.60. The van der Waals surface area contributed by atoms with Crippen LogP contribution in [0.4, 0.5) is 0 Å². The number of hydrogen-bond donors (Lipinski definition) is 1. The average Bonchev–Trinajstić information content (AvgIpc) is 2.19. The topological polar surface area (TPSA) is 12.0 Å². The van der Waals surface area contributed by atoms with E-state index in [0.29, 0.717) is 0 Å². The van der Waals surface area contributed by atoms with E-state index in [0.717, 1.165) is 17.6 Å². The molecular weight excluding hydrogens is 258 g/mol. The van der Waals surface area contributed by atoms with Crippen LogP contribution in [0.1, 0.15) is 18.9 Å². The molecular formula is C11H16BrNS. The van der Waals surface area contributed by atoms with Crippen LogP contribution < -0.4 is 5.32 Å². The lowest BCUT2D eigenvalue weighted by Crippen LogP contribution is -2.14. The van der Waals surface area contributed by atoms with Crippen molar-refractivity contribution in [2.75, 3.05) is 12.8 Å². The summed E-state index contributed by atoms with van der Waals surface area (Å²) < 4.78 is 1.16. The van der Waals surface area contributed by atoms with E-state index in [4.69, 9.17) is 0 Å². The maximum atomic E-state index is 3.50. The molecule has 0 aliphatic heterocycles. The fourth-order valence-electron chi connectivity index (χ4n) is 1.29. The Morgan fingerprint density at radius 3 is 2.86 bits per heavy atom. The monoisotopic (exact) mass is 273 g/mol. The van der Waals surface area contributed by atoms with Gasteiger partial charge in [-0.25, -0.2) is 0 Å². The highest BCUT2D eigenvalue weighted by molar-refractivity contribution is 9.10. The zero-order valence-corrected chi connectivity index (χ0v) is 11.0. The maximum absolute atomic E-state index is 3.50. The molecule has 1 N–H and O–H groups in total. The average molecular weight is 274 g/mol. The lowest BCUT2D eigenvalue weighted by atomic mass is 10.2. The highest BCUT2D eigenvalue weighted by Crippen LogP contribution is 2.23. The molecule has 0 saturated heterocycles. The van der Waals surface area contributed by atoms with Gasteiger partial charge in [-0.05, 0) is 43.0 Å². The molecule has 0 bridgehead atoms. The van der Waals surface area contributed by atoms with Gasteiger partial charge in [-0.2, -0.15) is 0 Å². The summed E-state index contributed by atoms with van der Waals surface area (Å²) in [6.07, 6.45) is 3.30. The summed E-state index contributed by atoms with van der Waals surface area (Å²) in [6.45, 7) is 4.23. The zero-order valence-electron chi connectivity index (χ0n) is 8.64. The smallest absolute Gasteiger partial charge is 0.0217 e. The van der Waals surface area contributed by atoms with Crippen molar-refractivity contribution in [2.24, 2.45) is 0 Å². The molecule has 0 fully saturated rings. The molecule has 1 aromatic rings. The summed E-state index contributed by atoms with van der Waals surface area (Å²) in [7, 11) is 0. The Morgan fingerprint density at radius 1 is 1.43 bits per heavy atom. The van der Waals surface area contributed by atoms with Crippen molar-refractivity contribution in [3.05, 3.63) is 28.2 Å². The molecule has 1 rings (SSSR count). The van der Waals surface area contributed by atoms with Gasteiger partial charge in [-0.1, -0.05) is 22.9 Å². The van der Waals surface area contributed by atoms with E-state index >= 15 is 0 Å². The number of nitrogens with one attached hydrogen (secondary N) is 1. The third kappa shape index (κ3) is 3.64. The lowest BCUT2D eigenvalue weighted by molar-refractivity contribution is 0.669. The van der Waals surface area contributed by atoms with Crippen LogP contribution in [-0.4, -0.2) is 12.8 Å². The Hall–Kier alpha value is 0.01000. The molecule has 0 heterocycles. The molecule has 3 heteroatoms. The minimum atomic E-state index is 0.962. The van der Waals surface area contributed by atoms with Crippen LogP contribution in [0.5, 0.6) is 0 Å². The van der Waals surface area contributed by atoms with Crippen LogP contribution in [0.3, 0.4) is 0 Å². The minimum Gasteiger partial charge on any atom is -0.313 e. The van der Waals surface area contributed by atoms with E-state index in [1.165, 1.54) is 16.9 Å². The molecule has 1 aromatic carbocycles. The van der Waals surface area contributed by atoms with Crippen molar-refractivity contribution in [1.82, 2.24) is 5.32 Å². The van der Waals surface area contributed by atoms with Crippen molar-refractivity contribution in [1.29, 1.82) is 0 Å². The van der Waals surface area contributed by atoms with Gasteiger partial charge >= 0.3 is 0 Å². The van der Waals surface area contributed by atoms with Gasteiger partial charge in [0.2, 0.25) is 0 Å². The van der Waals surface area contributed by atoms with Crippen LogP contribution in [0, 0.1) is 0 Å². The molecule has 0 unspecified atom stereocenters. The van der Waals surface area contributed by atoms with Crippen molar-refractivity contribution >= 4 is 27.7 Å². The first-order valence-electron chi connectivity index (χ1n) is 4.81. The number of thioether (sulfide) groups is 1. The summed E-state index contributed by atoms with van der Waals surface area (Å²) in [6, 6.07) is 6.45. The molecule has 0 aliphatic rings. The summed E-state index contributed by atoms with van der Waals surface area (Å²) in [5, 5.41) is 3.42. The van der Waals surface area contributed by atoms with E-state index in [9.17, 15) is 0 Å². The number of benzene rings is 1. The van der Waals surface area contributed by atoms with Crippen molar-refractivity contribution < 1.29 is 0 Å². The van der Waals surface area contributed by atoms with Gasteiger partial charge in [0.25, 0.3) is 0 Å². The highest BCUT2D eigenvalue weighted by atomic mass is 79.9. The van der Waals surface area contributed by atoms with Gasteiger partial charge < -0.3 is 5.32 Å². The van der Waals surface area contributed by atoms with E-state index in [-0.39, 0.29) is 0 Å². The summed E-state index contributed by atoms with van der Waals surface area (Å²) in [5.74, 6) is 0. The van der Waals surface area contributed by atoms with Crippen LogP contribution in [0.15, 0.2) is 27.6 Å². The molecule has 0 aliphatic carbocycles. The van der Waals surface area contributed by atoms with Crippen molar-refractivity contribution in [3.63, 3.8) is 0 Å². The van der Waals surface area contributed by atoms with Crippen molar-refractivity contribution in [3.8, 4) is 0 Å². The fourth-order valence-corrected chi connectivity index (χ4v) is 2.29. The second kappa shape index (κ2) is 6.49. The van der Waals surface area contributed by atoms with Gasteiger partial charge in [0.05, 0.1) is 0 Å². The van der Waals surface area contributed by atoms with E-state index in [1.54, 1.807) is 11.8 Å². The standard InChI is InChI=1S/C11H16BrNS/c1-3-6-13-8-9-7-10(12)4-5-11(9)14-2/h4-5,7,13H,3,6,8H2,1-2H3. The molecule has 0 atom stereocenters. The zero-order chi connectivity index (χ0) is 10.4. The largest absolute Gasteiger partial charge is 0.313 e. The Morgan fingerprint density at radius 2 is 2.21 bits per heavy atom. The SMILES string of the molecule is CCCNCc1cc(Br)ccc1SC. The molecule has 0 aromatic heterocycles. The summed E-state index contributed by atoms with van der Waals surface area (Å²) in [4.78, 5) is 1.36. The van der Waals surface area contributed by atoms with E-state index in [2.05, 4.69) is 52.6 Å². The molecule has 1 nitrogen and oxygen atoms in total. The molecule has 0 saturated carbocycles. The quantitative estimate of drug-likeness (QED) is 0.649. The van der Waals surface area contributed by atoms with Crippen molar-refractivity contribution in [2.45, 2.75) is 24.8 Å². The first kappa shape index (κ1) is 12.1. The number of rotatable bonds is 5. The molecule has 0 spiro atoms. The van der Waals surface area contributed by atoms with Crippen LogP contribution >= 0.6 is 27.7 Å². The second-order valence-electron chi connectivity index (χ2n) is 3.13. The van der Waals surface area contributed by atoms with Gasteiger partial charge in [0.15, 0.2) is 0 Å². The third-order valence-electron chi connectivity index (χ3n) is 1.98. The first-order chi connectivity index (χ1) is 6.77. The number of halogens is 1. The summed E-state index contributed by atoms with van der Waals surface area (Å²) in [5.41, 5.74) is 1.38. The minimum absolute atomic E-state index is 0.962. The summed E-state index contributed by atoms with van der Waals surface area (Å²) >= 11 is 5.30. The number of hydrogen-bond acceptors (Lipinski definition) is 2. The lowest BCUT2D eigenvalue weighted by Gasteiger charge is -2.08. The second-order valence-corrected chi connectivity index (χ2v) is 4.90. The molecule has 14 heavy (non-hydrogen) atoms. The van der Waals surface area contributed by atoms with Gasteiger partial charge in [-0.15, -0.1) is 11.8 Å². The highest BCUT2D eigenvalue weighted by Gasteiger charge is 2.01. The molecule has 0 amide bonds. The van der Waals surface area contributed by atoms with E-state index in [1.807, 2.05) is 0 Å². The molecule has 78 valence electrons. The molecule has 0 radical (unpaired) electrons. The predicted octanol–water partition coefficient (Wildman–Crippen LogP) is 3.67. The van der Waals surface area contributed by atoms with Gasteiger partial charge in [0.1, 0.15) is 0 Å². The van der Waals surface area contributed by atoms with Crippen LogP contribution in [-0.2, 0) is 6.54 Å². The predicted molar refractivity (Wildman–Crippen MR) is 67.9 cm³/mol. The fraction of sp³-hybridized carbons (Fsp3) is 0.455. The van der Waals surface area contributed by atoms with Gasteiger partial charge in [0, 0.05) is 15.9 Å². The van der Waals surface area contributed by atoms with E-state index < -0.39 is 0 Å². The maximum Gasteiger partial charge on any atom is 0.0217 e. The Balaban J connectivity index is 2.67. The third-order valence-corrected chi connectivity index (χ3v) is 3.32. The Labute approximate surface area is 98.8 Å².